The van der Waals surface area contributed by atoms with Gasteiger partial charge in [0.05, 0.1) is 12.8 Å². The van der Waals surface area contributed by atoms with E-state index in [9.17, 15) is 4.79 Å². The first-order valence-electron chi connectivity index (χ1n) is 9.17. The highest BCUT2D eigenvalue weighted by atomic mass is 79.9. The number of rotatable bonds is 4. The summed E-state index contributed by atoms with van der Waals surface area (Å²) in [5.74, 6) is 1.17. The molecule has 144 valence electrons. The molecule has 0 N–H and O–H groups in total. The van der Waals surface area contributed by atoms with Crippen LogP contribution in [0.1, 0.15) is 16.7 Å². The zero-order valence-electron chi connectivity index (χ0n) is 16.1. The Kier molecular flexibility index (Phi) is 5.32. The number of hydrogen-bond acceptors (Lipinski definition) is 3. The number of hydrogen-bond donors (Lipinski definition) is 0. The van der Waals surface area contributed by atoms with Crippen LogP contribution in [-0.2, 0) is 4.79 Å². The fourth-order valence-electron chi connectivity index (χ4n) is 3.24. The van der Waals surface area contributed by atoms with E-state index in [0.29, 0.717) is 11.5 Å². The SMILES string of the molecule is COc1cccc(/C=C2/N=C(c3ccccc3Br)N(c3cccc(C)c3)C2=O)c1. The topological polar surface area (TPSA) is 41.9 Å². The minimum atomic E-state index is -0.163. The van der Waals surface area contributed by atoms with Crippen molar-refractivity contribution in [2.75, 3.05) is 12.0 Å². The van der Waals surface area contributed by atoms with Crippen molar-refractivity contribution in [1.82, 2.24) is 0 Å². The summed E-state index contributed by atoms with van der Waals surface area (Å²) in [6.07, 6.45) is 1.79. The second-order valence-corrected chi connectivity index (χ2v) is 7.56. The predicted octanol–water partition coefficient (Wildman–Crippen LogP) is 5.60. The monoisotopic (exact) mass is 446 g/mol. The van der Waals surface area contributed by atoms with Crippen molar-refractivity contribution in [3.63, 3.8) is 0 Å². The molecule has 0 fully saturated rings. The molecule has 1 amide bonds. The first-order valence-corrected chi connectivity index (χ1v) is 9.96. The largest absolute Gasteiger partial charge is 0.497 e. The van der Waals surface area contributed by atoms with E-state index in [0.717, 1.165) is 32.6 Å². The Bertz CT molecular complexity index is 1150. The number of amides is 1. The maximum absolute atomic E-state index is 13.4. The van der Waals surface area contributed by atoms with Crippen molar-refractivity contribution < 1.29 is 9.53 Å². The first kappa shape index (κ1) is 19.2. The average Bonchev–Trinajstić information content (AvgIpc) is 3.04. The van der Waals surface area contributed by atoms with Crippen molar-refractivity contribution >= 4 is 39.4 Å². The van der Waals surface area contributed by atoms with E-state index < -0.39 is 0 Å². The molecule has 5 heteroatoms. The number of aliphatic imine (C=N–C) groups is 1. The number of anilines is 1. The summed E-state index contributed by atoms with van der Waals surface area (Å²) in [6, 6.07) is 23.2. The van der Waals surface area contributed by atoms with Gasteiger partial charge in [-0.05, 0) is 54.5 Å². The number of carbonyl (C=O) groups excluding carboxylic acids is 1. The number of methoxy groups -OCH3 is 1. The normalized spacial score (nSPS) is 15.0. The van der Waals surface area contributed by atoms with E-state index in [1.54, 1.807) is 18.1 Å². The van der Waals surface area contributed by atoms with Crippen molar-refractivity contribution in [2.45, 2.75) is 6.92 Å². The van der Waals surface area contributed by atoms with Gasteiger partial charge in [-0.25, -0.2) is 4.99 Å². The molecule has 0 atom stereocenters. The van der Waals surface area contributed by atoms with Gasteiger partial charge < -0.3 is 4.74 Å². The lowest BCUT2D eigenvalue weighted by atomic mass is 10.1. The molecule has 0 spiro atoms. The summed E-state index contributed by atoms with van der Waals surface area (Å²) in [4.78, 5) is 19.8. The van der Waals surface area contributed by atoms with E-state index in [4.69, 9.17) is 9.73 Å². The molecule has 4 rings (SSSR count). The molecule has 3 aromatic rings. The predicted molar refractivity (Wildman–Crippen MR) is 120 cm³/mol. The lowest BCUT2D eigenvalue weighted by Gasteiger charge is -2.19. The molecule has 0 saturated carbocycles. The zero-order chi connectivity index (χ0) is 20.4. The number of aryl methyl sites for hydroxylation is 1. The van der Waals surface area contributed by atoms with Crippen LogP contribution in [0, 0.1) is 6.92 Å². The molecule has 29 heavy (non-hydrogen) atoms. The Morgan fingerprint density at radius 2 is 1.79 bits per heavy atom. The summed E-state index contributed by atoms with van der Waals surface area (Å²) in [5, 5.41) is 0. The van der Waals surface area contributed by atoms with E-state index in [-0.39, 0.29) is 5.91 Å². The van der Waals surface area contributed by atoms with Crippen LogP contribution in [-0.4, -0.2) is 18.9 Å². The second-order valence-electron chi connectivity index (χ2n) is 6.70. The number of nitrogens with zero attached hydrogens (tertiary/aromatic N) is 2. The van der Waals surface area contributed by atoms with Crippen LogP contribution < -0.4 is 9.64 Å². The van der Waals surface area contributed by atoms with Gasteiger partial charge in [-0.3, -0.25) is 9.69 Å². The summed E-state index contributed by atoms with van der Waals surface area (Å²) >= 11 is 3.59. The van der Waals surface area contributed by atoms with Gasteiger partial charge in [0.1, 0.15) is 17.3 Å². The smallest absolute Gasteiger partial charge is 0.282 e. The third-order valence-electron chi connectivity index (χ3n) is 4.63. The van der Waals surface area contributed by atoms with Gasteiger partial charge in [0.2, 0.25) is 0 Å². The molecule has 3 aromatic carbocycles. The van der Waals surface area contributed by atoms with Gasteiger partial charge in [-0.2, -0.15) is 0 Å². The van der Waals surface area contributed by atoms with Gasteiger partial charge in [-0.15, -0.1) is 0 Å². The highest BCUT2D eigenvalue weighted by Crippen LogP contribution is 2.31. The van der Waals surface area contributed by atoms with E-state index in [1.807, 2.05) is 79.7 Å². The van der Waals surface area contributed by atoms with E-state index in [1.165, 1.54) is 0 Å². The molecule has 0 unspecified atom stereocenters. The highest BCUT2D eigenvalue weighted by Gasteiger charge is 2.33. The Morgan fingerprint density at radius 3 is 2.55 bits per heavy atom. The maximum atomic E-state index is 13.4. The maximum Gasteiger partial charge on any atom is 0.282 e. The molecule has 0 aliphatic carbocycles. The van der Waals surface area contributed by atoms with E-state index in [2.05, 4.69) is 15.9 Å². The Morgan fingerprint density at radius 1 is 1.00 bits per heavy atom. The van der Waals surface area contributed by atoms with E-state index >= 15 is 0 Å². The summed E-state index contributed by atoms with van der Waals surface area (Å²) in [6.45, 7) is 2.01. The third kappa shape index (κ3) is 3.87. The minimum Gasteiger partial charge on any atom is -0.497 e. The highest BCUT2D eigenvalue weighted by molar-refractivity contribution is 9.10. The zero-order valence-corrected chi connectivity index (χ0v) is 17.7. The summed E-state index contributed by atoms with van der Waals surface area (Å²) < 4.78 is 6.17. The molecule has 0 saturated heterocycles. The van der Waals surface area contributed by atoms with Gasteiger partial charge in [0.25, 0.3) is 5.91 Å². The van der Waals surface area contributed by atoms with Gasteiger partial charge >= 0.3 is 0 Å². The lowest BCUT2D eigenvalue weighted by Crippen LogP contribution is -2.32. The Labute approximate surface area is 178 Å². The fraction of sp³-hybridized carbons (Fsp3) is 0.0833. The molecular weight excluding hydrogens is 428 g/mol. The van der Waals surface area contributed by atoms with Crippen LogP contribution in [0.3, 0.4) is 0 Å². The van der Waals surface area contributed by atoms with Gasteiger partial charge in [0, 0.05) is 10.0 Å². The number of halogens is 1. The van der Waals surface area contributed by atoms with Crippen molar-refractivity contribution in [3.05, 3.63) is 99.7 Å². The molecule has 1 aliphatic rings. The number of amidine groups is 1. The summed E-state index contributed by atoms with van der Waals surface area (Å²) in [7, 11) is 1.62. The minimum absolute atomic E-state index is 0.163. The first-order chi connectivity index (χ1) is 14.1. The number of ether oxygens (including phenoxy) is 1. The van der Waals surface area contributed by atoms with Crippen LogP contribution in [0.4, 0.5) is 5.69 Å². The van der Waals surface area contributed by atoms with Crippen molar-refractivity contribution in [2.24, 2.45) is 4.99 Å². The van der Waals surface area contributed by atoms with Crippen LogP contribution >= 0.6 is 15.9 Å². The average molecular weight is 447 g/mol. The van der Waals surface area contributed by atoms with Crippen molar-refractivity contribution in [1.29, 1.82) is 0 Å². The number of benzene rings is 3. The van der Waals surface area contributed by atoms with Gasteiger partial charge in [-0.1, -0.05) is 58.4 Å². The summed E-state index contributed by atoms with van der Waals surface area (Å²) in [5.41, 5.74) is 3.96. The van der Waals surface area contributed by atoms with Crippen LogP contribution in [0.5, 0.6) is 5.75 Å². The Hall–Kier alpha value is -3.18. The molecule has 0 aromatic heterocycles. The molecule has 1 heterocycles. The Balaban J connectivity index is 1.85. The quantitative estimate of drug-likeness (QED) is 0.489. The van der Waals surface area contributed by atoms with Crippen LogP contribution in [0.25, 0.3) is 6.08 Å². The molecule has 0 bridgehead atoms. The van der Waals surface area contributed by atoms with Crippen LogP contribution in [0.15, 0.2) is 88.0 Å². The molecule has 4 nitrogen and oxygen atoms in total. The fourth-order valence-corrected chi connectivity index (χ4v) is 3.70. The number of carbonyl (C=O) groups is 1. The molecule has 0 radical (unpaired) electrons. The van der Waals surface area contributed by atoms with Crippen LogP contribution in [0.2, 0.25) is 0 Å². The van der Waals surface area contributed by atoms with Gasteiger partial charge in [0.15, 0.2) is 0 Å². The second kappa shape index (κ2) is 8.05. The molecular formula is C24H19BrN2O2. The lowest BCUT2D eigenvalue weighted by molar-refractivity contribution is -0.113. The molecule has 1 aliphatic heterocycles. The third-order valence-corrected chi connectivity index (χ3v) is 5.32. The standard InChI is InChI=1S/C24H19BrN2O2/c1-16-7-5-9-18(13-16)27-23(20-11-3-4-12-21(20)25)26-22(24(27)28)15-17-8-6-10-19(14-17)29-2/h3-15H,1-2H3/b22-15+. The van der Waals surface area contributed by atoms with Crippen molar-refractivity contribution in [3.8, 4) is 5.75 Å².